The number of amides is 2. The minimum absolute atomic E-state index is 0.0835. The third-order valence-corrected chi connectivity index (χ3v) is 4.00. The molecule has 6 heteroatoms. The van der Waals surface area contributed by atoms with Gasteiger partial charge < -0.3 is 4.74 Å². The maximum absolute atomic E-state index is 12.2. The van der Waals surface area contributed by atoms with Crippen molar-refractivity contribution in [3.63, 3.8) is 0 Å². The number of thioether (sulfide) groups is 1. The fourth-order valence-electron chi connectivity index (χ4n) is 1.95. The molecule has 0 unspecified atom stereocenters. The molecule has 0 bridgehead atoms. The summed E-state index contributed by atoms with van der Waals surface area (Å²) in [6.07, 6.45) is 0.123. The lowest BCUT2D eigenvalue weighted by atomic mass is 10.3. The second-order valence-corrected chi connectivity index (χ2v) is 5.40. The van der Waals surface area contributed by atoms with Gasteiger partial charge in [-0.25, -0.2) is 4.90 Å². The molecule has 1 aliphatic rings. The zero-order valence-electron chi connectivity index (χ0n) is 11.1. The largest absolute Gasteiger partial charge is 0.465 e. The fraction of sp³-hybridized carbons (Fsp3) is 0.357. The van der Waals surface area contributed by atoms with E-state index in [2.05, 4.69) is 0 Å². The van der Waals surface area contributed by atoms with E-state index in [-0.39, 0.29) is 30.0 Å². The molecular formula is C14H15NO4S. The molecule has 1 aromatic rings. The van der Waals surface area contributed by atoms with Crippen LogP contribution in [0.15, 0.2) is 30.3 Å². The van der Waals surface area contributed by atoms with Crippen LogP contribution in [0.25, 0.3) is 0 Å². The van der Waals surface area contributed by atoms with Crippen LogP contribution in [0.5, 0.6) is 0 Å². The van der Waals surface area contributed by atoms with E-state index in [0.717, 1.165) is 11.8 Å². The van der Waals surface area contributed by atoms with E-state index in [0.29, 0.717) is 12.3 Å². The normalized spacial score (nSPS) is 18.4. The Morgan fingerprint density at radius 1 is 1.35 bits per heavy atom. The number of para-hydroxylation sites is 1. The lowest BCUT2D eigenvalue weighted by Crippen LogP contribution is -2.31. The van der Waals surface area contributed by atoms with Gasteiger partial charge in [-0.05, 0) is 19.1 Å². The standard InChI is InChI=1S/C14H15NO4S/c1-2-19-13(17)9-20-11-8-12(16)15(14(11)18)10-6-4-3-5-7-10/h3-7,11H,2,8-9H2,1H3/t11-/m1/s1. The Morgan fingerprint density at radius 3 is 2.70 bits per heavy atom. The molecule has 1 aliphatic heterocycles. The molecule has 0 aromatic heterocycles. The van der Waals surface area contributed by atoms with Gasteiger partial charge in [0.05, 0.1) is 23.3 Å². The fourth-order valence-corrected chi connectivity index (χ4v) is 2.88. The Morgan fingerprint density at radius 2 is 2.05 bits per heavy atom. The van der Waals surface area contributed by atoms with Gasteiger partial charge >= 0.3 is 5.97 Å². The van der Waals surface area contributed by atoms with Gasteiger partial charge in [0.15, 0.2) is 0 Å². The molecule has 20 heavy (non-hydrogen) atoms. The number of benzene rings is 1. The van der Waals surface area contributed by atoms with E-state index in [9.17, 15) is 14.4 Å². The number of anilines is 1. The second-order valence-electron chi connectivity index (χ2n) is 4.21. The molecule has 1 atom stereocenters. The number of carbonyl (C=O) groups is 3. The van der Waals surface area contributed by atoms with E-state index in [1.54, 1.807) is 31.2 Å². The van der Waals surface area contributed by atoms with Crippen LogP contribution in [0.1, 0.15) is 13.3 Å². The van der Waals surface area contributed by atoms with E-state index < -0.39 is 5.25 Å². The van der Waals surface area contributed by atoms with Crippen molar-refractivity contribution in [1.29, 1.82) is 0 Å². The van der Waals surface area contributed by atoms with Gasteiger partial charge in [0.25, 0.3) is 0 Å². The number of ether oxygens (including phenoxy) is 1. The molecule has 0 radical (unpaired) electrons. The summed E-state index contributed by atoms with van der Waals surface area (Å²) >= 11 is 1.16. The maximum Gasteiger partial charge on any atom is 0.315 e. The van der Waals surface area contributed by atoms with Gasteiger partial charge in [-0.2, -0.15) is 0 Å². The van der Waals surface area contributed by atoms with Crippen LogP contribution in [-0.2, 0) is 19.1 Å². The number of rotatable bonds is 5. The topological polar surface area (TPSA) is 63.7 Å². The summed E-state index contributed by atoms with van der Waals surface area (Å²) in [5, 5.41) is -0.507. The van der Waals surface area contributed by atoms with Crippen molar-refractivity contribution in [2.45, 2.75) is 18.6 Å². The summed E-state index contributed by atoms with van der Waals surface area (Å²) in [6.45, 7) is 2.04. The van der Waals surface area contributed by atoms with E-state index in [1.165, 1.54) is 4.90 Å². The van der Waals surface area contributed by atoms with Crippen molar-refractivity contribution < 1.29 is 19.1 Å². The first kappa shape index (κ1) is 14.6. The smallest absolute Gasteiger partial charge is 0.315 e. The molecule has 0 saturated carbocycles. The molecule has 0 aliphatic carbocycles. The zero-order chi connectivity index (χ0) is 14.5. The number of esters is 1. The quantitative estimate of drug-likeness (QED) is 0.609. The summed E-state index contributed by atoms with van der Waals surface area (Å²) in [6, 6.07) is 8.80. The zero-order valence-corrected chi connectivity index (χ0v) is 11.9. The number of nitrogens with zero attached hydrogens (tertiary/aromatic N) is 1. The maximum atomic E-state index is 12.2. The van der Waals surface area contributed by atoms with Crippen LogP contribution >= 0.6 is 11.8 Å². The van der Waals surface area contributed by atoms with Crippen LogP contribution in [0.3, 0.4) is 0 Å². The predicted molar refractivity (Wildman–Crippen MR) is 76.4 cm³/mol. The highest BCUT2D eigenvalue weighted by Crippen LogP contribution is 2.29. The van der Waals surface area contributed by atoms with Gasteiger partial charge in [-0.3, -0.25) is 14.4 Å². The molecule has 0 N–H and O–H groups in total. The van der Waals surface area contributed by atoms with Crippen molar-refractivity contribution in [1.82, 2.24) is 0 Å². The molecule has 0 spiro atoms. The highest BCUT2D eigenvalue weighted by molar-refractivity contribution is 8.01. The van der Waals surface area contributed by atoms with Gasteiger partial charge in [0, 0.05) is 6.42 Å². The number of hydrogen-bond acceptors (Lipinski definition) is 5. The highest BCUT2D eigenvalue weighted by Gasteiger charge is 2.39. The Bertz CT molecular complexity index is 517. The first-order valence-corrected chi connectivity index (χ1v) is 7.37. The van der Waals surface area contributed by atoms with Crippen LogP contribution in [0.2, 0.25) is 0 Å². The van der Waals surface area contributed by atoms with Crippen LogP contribution < -0.4 is 4.90 Å². The van der Waals surface area contributed by atoms with Gasteiger partial charge in [0.1, 0.15) is 0 Å². The molecule has 1 aromatic carbocycles. The summed E-state index contributed by atoms with van der Waals surface area (Å²) < 4.78 is 4.81. The SMILES string of the molecule is CCOC(=O)CS[C@@H]1CC(=O)N(c2ccccc2)C1=O. The Kier molecular flexibility index (Phi) is 4.79. The lowest BCUT2D eigenvalue weighted by molar-refractivity contribution is -0.139. The molecule has 5 nitrogen and oxygen atoms in total. The summed E-state index contributed by atoms with van der Waals surface area (Å²) in [4.78, 5) is 36.6. The number of carbonyl (C=O) groups excluding carboxylic acids is 3. The molecule has 1 heterocycles. The minimum atomic E-state index is -0.507. The molecule has 1 saturated heterocycles. The minimum Gasteiger partial charge on any atom is -0.465 e. The first-order valence-electron chi connectivity index (χ1n) is 6.32. The first-order chi connectivity index (χ1) is 9.63. The monoisotopic (exact) mass is 293 g/mol. The Hall–Kier alpha value is -1.82. The third kappa shape index (κ3) is 3.19. The average Bonchev–Trinajstić information content (AvgIpc) is 2.72. The molecule has 1 fully saturated rings. The van der Waals surface area contributed by atoms with Crippen LogP contribution in [-0.4, -0.2) is 35.4 Å². The van der Waals surface area contributed by atoms with Crippen LogP contribution in [0, 0.1) is 0 Å². The molecule has 2 amide bonds. The molecular weight excluding hydrogens is 278 g/mol. The summed E-state index contributed by atoms with van der Waals surface area (Å²) in [5.74, 6) is -0.783. The molecule has 106 valence electrons. The van der Waals surface area contributed by atoms with Gasteiger partial charge in [-0.15, -0.1) is 11.8 Å². The van der Waals surface area contributed by atoms with Gasteiger partial charge in [0.2, 0.25) is 11.8 Å². The lowest BCUT2D eigenvalue weighted by Gasteiger charge is -2.14. The summed E-state index contributed by atoms with van der Waals surface area (Å²) in [5.41, 5.74) is 0.571. The third-order valence-electron chi connectivity index (χ3n) is 2.83. The average molecular weight is 293 g/mol. The Labute approximate surface area is 121 Å². The van der Waals surface area contributed by atoms with E-state index in [1.807, 2.05) is 6.07 Å². The second kappa shape index (κ2) is 6.56. The number of imide groups is 1. The molecule has 2 rings (SSSR count). The van der Waals surface area contributed by atoms with Crippen molar-refractivity contribution >= 4 is 35.2 Å². The predicted octanol–water partition coefficient (Wildman–Crippen LogP) is 1.61. The summed E-state index contributed by atoms with van der Waals surface area (Å²) in [7, 11) is 0. The van der Waals surface area contributed by atoms with Crippen molar-refractivity contribution in [3.8, 4) is 0 Å². The van der Waals surface area contributed by atoms with Crippen molar-refractivity contribution in [2.24, 2.45) is 0 Å². The van der Waals surface area contributed by atoms with Crippen LogP contribution in [0.4, 0.5) is 5.69 Å². The van der Waals surface area contributed by atoms with Gasteiger partial charge in [-0.1, -0.05) is 18.2 Å². The van der Waals surface area contributed by atoms with Crippen molar-refractivity contribution in [2.75, 3.05) is 17.3 Å². The highest BCUT2D eigenvalue weighted by atomic mass is 32.2. The van der Waals surface area contributed by atoms with E-state index in [4.69, 9.17) is 4.74 Å². The van der Waals surface area contributed by atoms with E-state index >= 15 is 0 Å². The van der Waals surface area contributed by atoms with Crippen molar-refractivity contribution in [3.05, 3.63) is 30.3 Å². The Balaban J connectivity index is 2.00. The number of hydrogen-bond donors (Lipinski definition) is 0.